The lowest BCUT2D eigenvalue weighted by atomic mass is 10.2. The van der Waals surface area contributed by atoms with Crippen LogP contribution >= 0.6 is 23.1 Å². The summed E-state index contributed by atoms with van der Waals surface area (Å²) in [6, 6.07) is 10.2. The molecule has 2 aromatic rings. The minimum atomic E-state index is -0.561. The Balaban J connectivity index is 1.94. The number of hydrogen-bond acceptors (Lipinski definition) is 4. The van der Waals surface area contributed by atoms with Crippen LogP contribution in [0.4, 0.5) is 0 Å². The number of hydrogen-bond donors (Lipinski definition) is 3. The van der Waals surface area contributed by atoms with Crippen molar-refractivity contribution in [2.24, 2.45) is 4.99 Å². The smallest absolute Gasteiger partial charge is 0.191 e. The van der Waals surface area contributed by atoms with Crippen LogP contribution in [0.3, 0.4) is 0 Å². The van der Waals surface area contributed by atoms with Gasteiger partial charge in [-0.15, -0.1) is 11.3 Å². The van der Waals surface area contributed by atoms with Crippen LogP contribution in [0.1, 0.15) is 24.3 Å². The van der Waals surface area contributed by atoms with Gasteiger partial charge < -0.3 is 15.7 Å². The van der Waals surface area contributed by atoms with Crippen LogP contribution in [0.2, 0.25) is 0 Å². The Morgan fingerprint density at radius 3 is 2.91 bits per heavy atom. The zero-order valence-corrected chi connectivity index (χ0v) is 15.3. The molecule has 0 amide bonds. The second kappa shape index (κ2) is 9.80. The number of guanidine groups is 1. The van der Waals surface area contributed by atoms with Gasteiger partial charge in [-0.3, -0.25) is 4.99 Å². The van der Waals surface area contributed by atoms with E-state index in [0.29, 0.717) is 6.54 Å². The van der Waals surface area contributed by atoms with Crippen LogP contribution in [-0.4, -0.2) is 42.7 Å². The topological polar surface area (TPSA) is 56.7 Å². The molecule has 0 aliphatic carbocycles. The maximum atomic E-state index is 10.4. The lowest BCUT2D eigenvalue weighted by Crippen LogP contribution is -2.38. The number of nitrogens with zero attached hydrogens (tertiary/aromatic N) is 1. The van der Waals surface area contributed by atoms with Crippen molar-refractivity contribution in [2.45, 2.75) is 19.4 Å². The van der Waals surface area contributed by atoms with Gasteiger partial charge in [0.05, 0.1) is 6.54 Å². The molecule has 126 valence electrons. The van der Waals surface area contributed by atoms with Crippen molar-refractivity contribution < 1.29 is 5.11 Å². The van der Waals surface area contributed by atoms with E-state index in [-0.39, 0.29) is 0 Å². The van der Waals surface area contributed by atoms with Gasteiger partial charge in [0.1, 0.15) is 6.10 Å². The van der Waals surface area contributed by atoms with Crippen molar-refractivity contribution in [2.75, 3.05) is 31.6 Å². The first-order valence-electron chi connectivity index (χ1n) is 7.92. The number of aliphatic imine (C=N–C) groups is 1. The highest BCUT2D eigenvalue weighted by Gasteiger charge is 2.11. The SMILES string of the molecule is CCNC(=NCC(O)c1cc2ccccc2s1)NCCCSC. The Morgan fingerprint density at radius 2 is 2.17 bits per heavy atom. The van der Waals surface area contributed by atoms with Crippen molar-refractivity contribution in [3.63, 3.8) is 0 Å². The summed E-state index contributed by atoms with van der Waals surface area (Å²) in [5.41, 5.74) is 0. The summed E-state index contributed by atoms with van der Waals surface area (Å²) < 4.78 is 1.20. The van der Waals surface area contributed by atoms with Crippen LogP contribution in [0.25, 0.3) is 10.1 Å². The third kappa shape index (κ3) is 5.71. The maximum absolute atomic E-state index is 10.4. The zero-order valence-electron chi connectivity index (χ0n) is 13.7. The molecule has 0 saturated carbocycles. The molecule has 0 aliphatic heterocycles. The Morgan fingerprint density at radius 1 is 1.35 bits per heavy atom. The fraction of sp³-hybridized carbons (Fsp3) is 0.471. The number of thioether (sulfide) groups is 1. The molecule has 0 radical (unpaired) electrons. The molecule has 1 aromatic heterocycles. The summed E-state index contributed by atoms with van der Waals surface area (Å²) >= 11 is 3.48. The van der Waals surface area contributed by atoms with Gasteiger partial charge in [0.15, 0.2) is 5.96 Å². The first-order valence-corrected chi connectivity index (χ1v) is 10.1. The van der Waals surface area contributed by atoms with E-state index in [1.54, 1.807) is 11.3 Å². The van der Waals surface area contributed by atoms with Gasteiger partial charge in [0.25, 0.3) is 0 Å². The normalized spacial score (nSPS) is 13.3. The molecule has 1 aromatic carbocycles. The van der Waals surface area contributed by atoms with Crippen molar-refractivity contribution >= 4 is 39.1 Å². The highest BCUT2D eigenvalue weighted by Crippen LogP contribution is 2.29. The van der Waals surface area contributed by atoms with Gasteiger partial charge in [0.2, 0.25) is 0 Å². The fourth-order valence-corrected chi connectivity index (χ4v) is 3.67. The molecule has 0 aliphatic rings. The van der Waals surface area contributed by atoms with Crippen molar-refractivity contribution in [1.29, 1.82) is 0 Å². The molecule has 0 fully saturated rings. The highest BCUT2D eigenvalue weighted by atomic mass is 32.2. The predicted octanol–water partition coefficient (Wildman–Crippen LogP) is 3.24. The monoisotopic (exact) mass is 351 g/mol. The first kappa shape index (κ1) is 18.1. The van der Waals surface area contributed by atoms with E-state index in [0.717, 1.165) is 36.1 Å². The summed E-state index contributed by atoms with van der Waals surface area (Å²) in [6.07, 6.45) is 2.65. The van der Waals surface area contributed by atoms with E-state index >= 15 is 0 Å². The van der Waals surface area contributed by atoms with E-state index in [9.17, 15) is 5.11 Å². The molecule has 1 unspecified atom stereocenters. The Bertz CT molecular complexity index is 594. The molecule has 0 spiro atoms. The third-order valence-corrected chi connectivity index (χ3v) is 5.27. The standard InChI is InChI=1S/C17H25N3OS2/c1-3-18-17(19-9-6-10-22-2)20-12-14(21)16-11-13-7-4-5-8-15(13)23-16/h4-5,7-8,11,14,21H,3,6,9-10,12H2,1-2H3,(H2,18,19,20). The molecule has 1 heterocycles. The van der Waals surface area contributed by atoms with Gasteiger partial charge in [0, 0.05) is 22.7 Å². The number of fused-ring (bicyclic) bond motifs is 1. The second-order valence-electron chi connectivity index (χ2n) is 5.20. The van der Waals surface area contributed by atoms with E-state index in [2.05, 4.69) is 40.1 Å². The first-order chi connectivity index (χ1) is 11.2. The number of thiophene rings is 1. The van der Waals surface area contributed by atoms with E-state index in [4.69, 9.17) is 0 Å². The number of nitrogens with one attached hydrogen (secondary N) is 2. The molecule has 2 rings (SSSR count). The molecule has 3 N–H and O–H groups in total. The van der Waals surface area contributed by atoms with Gasteiger partial charge in [-0.1, -0.05) is 18.2 Å². The minimum Gasteiger partial charge on any atom is -0.386 e. The third-order valence-electron chi connectivity index (χ3n) is 3.36. The Hall–Kier alpha value is -1.24. The average Bonchev–Trinajstić information content (AvgIpc) is 3.00. The zero-order chi connectivity index (χ0) is 16.5. The Kier molecular flexibility index (Phi) is 7.71. The van der Waals surface area contributed by atoms with Crippen molar-refractivity contribution in [3.05, 3.63) is 35.2 Å². The fourth-order valence-electron chi connectivity index (χ4n) is 2.20. The van der Waals surface area contributed by atoms with Crippen LogP contribution in [0, 0.1) is 0 Å². The van der Waals surface area contributed by atoms with Crippen LogP contribution in [0.15, 0.2) is 35.3 Å². The molecular formula is C17H25N3OS2. The molecule has 1 atom stereocenters. The number of benzene rings is 1. The number of aliphatic hydroxyl groups is 1. The Labute approximate surface area is 146 Å². The summed E-state index contributed by atoms with van der Waals surface area (Å²) in [5, 5.41) is 18.1. The van der Waals surface area contributed by atoms with E-state index < -0.39 is 6.10 Å². The maximum Gasteiger partial charge on any atom is 0.191 e. The predicted molar refractivity (Wildman–Crippen MR) is 104 cm³/mol. The number of aliphatic hydroxyl groups excluding tert-OH is 1. The largest absolute Gasteiger partial charge is 0.386 e. The molecule has 23 heavy (non-hydrogen) atoms. The molecular weight excluding hydrogens is 326 g/mol. The van der Waals surface area contributed by atoms with Gasteiger partial charge in [-0.05, 0) is 42.9 Å². The van der Waals surface area contributed by atoms with Crippen LogP contribution < -0.4 is 10.6 Å². The minimum absolute atomic E-state index is 0.366. The van der Waals surface area contributed by atoms with Gasteiger partial charge >= 0.3 is 0 Å². The van der Waals surface area contributed by atoms with Crippen molar-refractivity contribution in [1.82, 2.24) is 10.6 Å². The summed E-state index contributed by atoms with van der Waals surface area (Å²) in [7, 11) is 0. The molecule has 0 bridgehead atoms. The molecule has 0 saturated heterocycles. The highest BCUT2D eigenvalue weighted by molar-refractivity contribution is 7.98. The lowest BCUT2D eigenvalue weighted by molar-refractivity contribution is 0.191. The quantitative estimate of drug-likeness (QED) is 0.388. The molecule has 6 heteroatoms. The summed E-state index contributed by atoms with van der Waals surface area (Å²) in [5.74, 6) is 1.91. The average molecular weight is 352 g/mol. The molecule has 4 nitrogen and oxygen atoms in total. The van der Waals surface area contributed by atoms with Gasteiger partial charge in [-0.25, -0.2) is 0 Å². The van der Waals surface area contributed by atoms with E-state index in [1.807, 2.05) is 30.8 Å². The van der Waals surface area contributed by atoms with E-state index in [1.165, 1.54) is 10.1 Å². The summed E-state index contributed by atoms with van der Waals surface area (Å²) in [4.78, 5) is 5.47. The van der Waals surface area contributed by atoms with Crippen molar-refractivity contribution in [3.8, 4) is 0 Å². The second-order valence-corrected chi connectivity index (χ2v) is 7.30. The van der Waals surface area contributed by atoms with Crippen LogP contribution in [-0.2, 0) is 0 Å². The van der Waals surface area contributed by atoms with Gasteiger partial charge in [-0.2, -0.15) is 11.8 Å². The van der Waals surface area contributed by atoms with Crippen LogP contribution in [0.5, 0.6) is 0 Å². The lowest BCUT2D eigenvalue weighted by Gasteiger charge is -2.12. The number of rotatable bonds is 8. The summed E-state index contributed by atoms with van der Waals surface area (Å²) in [6.45, 7) is 4.12.